The van der Waals surface area contributed by atoms with Gasteiger partial charge in [0.25, 0.3) is 0 Å². The number of amides is 1. The fourth-order valence-corrected chi connectivity index (χ4v) is 0.917. The molecule has 0 aromatic rings. The van der Waals surface area contributed by atoms with Gasteiger partial charge in [0.2, 0.25) is 0 Å². The molecule has 3 nitrogen and oxygen atoms in total. The summed E-state index contributed by atoms with van der Waals surface area (Å²) in [5.41, 5.74) is 0.383. The summed E-state index contributed by atoms with van der Waals surface area (Å²) in [5.74, 6) is 0. The lowest BCUT2D eigenvalue weighted by Gasteiger charge is -2.23. The summed E-state index contributed by atoms with van der Waals surface area (Å²) in [7, 11) is 0. The zero-order valence-corrected chi connectivity index (χ0v) is 9.52. The van der Waals surface area contributed by atoms with Crippen LogP contribution in [-0.4, -0.2) is 22.5 Å². The molecule has 0 spiro atoms. The Hall–Kier alpha value is -0.640. The Bertz CT molecular complexity index is 208. The number of hydrogen-bond acceptors (Lipinski definition) is 3. The number of hydrogen-bond donors (Lipinski definition) is 1. The number of rotatable bonds is 2. The number of carbonyl (C=O) groups excluding carboxylic acids is 1. The third-order valence-electron chi connectivity index (χ3n) is 1.02. The minimum atomic E-state index is -0.479. The zero-order valence-electron chi connectivity index (χ0n) is 8.63. The minimum absolute atomic E-state index is 0.401. The second kappa shape index (κ2) is 4.56. The molecular weight excluding hydrogens is 186 g/mol. The van der Waals surface area contributed by atoms with Crippen molar-refractivity contribution in [3.05, 3.63) is 12.2 Å². The maximum Gasteiger partial charge on any atom is 0.420 e. The van der Waals surface area contributed by atoms with Crippen molar-refractivity contribution in [2.45, 2.75) is 33.3 Å². The Labute approximate surface area is 85.3 Å². The lowest BCUT2D eigenvalue weighted by Crippen LogP contribution is -2.32. The molecule has 0 rings (SSSR count). The summed E-state index contributed by atoms with van der Waals surface area (Å²) < 4.78 is 6.27. The van der Waals surface area contributed by atoms with Gasteiger partial charge in [-0.25, -0.2) is 4.79 Å². The molecule has 0 aromatic carbocycles. The second-order valence-electron chi connectivity index (χ2n) is 4.00. The molecule has 76 valence electrons. The van der Waals surface area contributed by atoms with E-state index in [0.717, 1.165) is 5.57 Å². The minimum Gasteiger partial charge on any atom is -0.443 e. The Morgan fingerprint density at radius 3 is 2.31 bits per heavy atom. The predicted molar refractivity (Wildman–Crippen MR) is 56.7 cm³/mol. The van der Waals surface area contributed by atoms with E-state index < -0.39 is 11.7 Å². The molecule has 0 heterocycles. The molecular formula is C9H17NO2S. The van der Waals surface area contributed by atoms with Gasteiger partial charge < -0.3 is 4.74 Å². The lowest BCUT2D eigenvalue weighted by molar-refractivity contribution is 0.0417. The first kappa shape index (κ1) is 12.4. The van der Waals surface area contributed by atoms with Crippen LogP contribution in [0.2, 0.25) is 0 Å². The van der Waals surface area contributed by atoms with Gasteiger partial charge in [0.05, 0.1) is 6.54 Å². The molecule has 0 fully saturated rings. The lowest BCUT2D eigenvalue weighted by atomic mass is 10.2. The average molecular weight is 203 g/mol. The highest BCUT2D eigenvalue weighted by atomic mass is 32.1. The van der Waals surface area contributed by atoms with E-state index in [1.165, 1.54) is 4.31 Å². The van der Waals surface area contributed by atoms with Gasteiger partial charge in [-0.05, 0) is 27.7 Å². The van der Waals surface area contributed by atoms with Crippen molar-refractivity contribution in [2.75, 3.05) is 6.54 Å². The maximum absolute atomic E-state index is 11.3. The Balaban J connectivity index is 4.05. The highest BCUT2D eigenvalue weighted by Crippen LogP contribution is 2.11. The fraction of sp³-hybridized carbons (Fsp3) is 0.667. The van der Waals surface area contributed by atoms with E-state index in [0.29, 0.717) is 6.54 Å². The van der Waals surface area contributed by atoms with Crippen LogP contribution < -0.4 is 0 Å². The molecule has 0 atom stereocenters. The van der Waals surface area contributed by atoms with E-state index in [9.17, 15) is 4.79 Å². The molecule has 0 aliphatic rings. The van der Waals surface area contributed by atoms with E-state index in [-0.39, 0.29) is 0 Å². The van der Waals surface area contributed by atoms with Crippen LogP contribution in [0, 0.1) is 0 Å². The summed E-state index contributed by atoms with van der Waals surface area (Å²) in [6, 6.07) is 0. The standard InChI is InChI=1S/C9H17NO2S/c1-7(2)6-10(13)8(11)12-9(3,4)5/h13H,1,6H2,2-5H3. The van der Waals surface area contributed by atoms with E-state index in [1.807, 2.05) is 27.7 Å². The first-order valence-electron chi connectivity index (χ1n) is 4.06. The monoisotopic (exact) mass is 203 g/mol. The van der Waals surface area contributed by atoms with Gasteiger partial charge >= 0.3 is 6.09 Å². The van der Waals surface area contributed by atoms with Crippen LogP contribution >= 0.6 is 12.8 Å². The summed E-state index contributed by atoms with van der Waals surface area (Å²) in [6.45, 7) is 11.3. The molecule has 0 bridgehead atoms. The SMILES string of the molecule is C=C(C)CN(S)C(=O)OC(C)(C)C. The van der Waals surface area contributed by atoms with Gasteiger partial charge in [0.1, 0.15) is 5.60 Å². The topological polar surface area (TPSA) is 29.5 Å². The predicted octanol–water partition coefficient (Wildman–Crippen LogP) is 2.64. The summed E-state index contributed by atoms with van der Waals surface area (Å²) in [6.07, 6.45) is -0.446. The van der Waals surface area contributed by atoms with Crippen molar-refractivity contribution in [2.24, 2.45) is 0 Å². The molecule has 0 aliphatic carbocycles. The van der Waals surface area contributed by atoms with Crippen LogP contribution in [0.1, 0.15) is 27.7 Å². The van der Waals surface area contributed by atoms with Gasteiger partial charge in [-0.15, -0.1) is 0 Å². The molecule has 0 aromatic heterocycles. The van der Waals surface area contributed by atoms with Crippen molar-refractivity contribution < 1.29 is 9.53 Å². The summed E-state index contributed by atoms with van der Waals surface area (Å²) >= 11 is 3.97. The molecule has 4 heteroatoms. The zero-order chi connectivity index (χ0) is 10.6. The molecule has 0 radical (unpaired) electrons. The van der Waals surface area contributed by atoms with E-state index in [1.54, 1.807) is 0 Å². The summed E-state index contributed by atoms with van der Waals surface area (Å²) in [5, 5.41) is 0. The van der Waals surface area contributed by atoms with Crippen molar-refractivity contribution >= 4 is 18.9 Å². The van der Waals surface area contributed by atoms with E-state index in [4.69, 9.17) is 4.74 Å². The van der Waals surface area contributed by atoms with Crippen LogP contribution in [0.5, 0.6) is 0 Å². The highest BCUT2D eigenvalue weighted by molar-refractivity contribution is 7.78. The Morgan fingerprint density at radius 2 is 2.00 bits per heavy atom. The fourth-order valence-electron chi connectivity index (χ4n) is 0.635. The van der Waals surface area contributed by atoms with Crippen molar-refractivity contribution in [1.29, 1.82) is 0 Å². The first-order chi connectivity index (χ1) is 5.72. The van der Waals surface area contributed by atoms with Crippen molar-refractivity contribution in [3.63, 3.8) is 0 Å². The van der Waals surface area contributed by atoms with Crippen LogP contribution in [0.15, 0.2) is 12.2 Å². The molecule has 1 amide bonds. The van der Waals surface area contributed by atoms with E-state index >= 15 is 0 Å². The van der Waals surface area contributed by atoms with Gasteiger partial charge in [-0.1, -0.05) is 25.0 Å². The largest absolute Gasteiger partial charge is 0.443 e. The van der Waals surface area contributed by atoms with Gasteiger partial charge in [0, 0.05) is 0 Å². The first-order valence-corrected chi connectivity index (χ1v) is 4.46. The molecule has 0 unspecified atom stereocenters. The Morgan fingerprint density at radius 1 is 1.54 bits per heavy atom. The molecule has 0 N–H and O–H groups in total. The second-order valence-corrected chi connectivity index (χ2v) is 4.48. The Kier molecular flexibility index (Phi) is 4.33. The van der Waals surface area contributed by atoms with Crippen molar-refractivity contribution in [1.82, 2.24) is 4.31 Å². The van der Waals surface area contributed by atoms with Crippen LogP contribution in [0.25, 0.3) is 0 Å². The quantitative estimate of drug-likeness (QED) is 0.552. The number of thiol groups is 1. The van der Waals surface area contributed by atoms with Gasteiger partial charge in [-0.3, -0.25) is 4.31 Å². The van der Waals surface area contributed by atoms with Crippen LogP contribution in [0.4, 0.5) is 4.79 Å². The molecule has 0 saturated heterocycles. The number of ether oxygens (including phenoxy) is 1. The normalized spacial score (nSPS) is 10.8. The van der Waals surface area contributed by atoms with Crippen LogP contribution in [0.3, 0.4) is 0 Å². The number of nitrogens with zero attached hydrogens (tertiary/aromatic N) is 1. The third-order valence-corrected chi connectivity index (χ3v) is 1.33. The van der Waals surface area contributed by atoms with E-state index in [2.05, 4.69) is 19.4 Å². The number of carbonyl (C=O) groups is 1. The van der Waals surface area contributed by atoms with Gasteiger partial charge in [-0.2, -0.15) is 0 Å². The smallest absolute Gasteiger partial charge is 0.420 e. The molecule has 0 saturated carbocycles. The summed E-state index contributed by atoms with van der Waals surface area (Å²) in [4.78, 5) is 11.3. The van der Waals surface area contributed by atoms with Crippen molar-refractivity contribution in [3.8, 4) is 0 Å². The van der Waals surface area contributed by atoms with Crippen LogP contribution in [-0.2, 0) is 4.74 Å². The maximum atomic E-state index is 11.3. The highest BCUT2D eigenvalue weighted by Gasteiger charge is 2.19. The average Bonchev–Trinajstić information content (AvgIpc) is 1.81. The molecule has 13 heavy (non-hydrogen) atoms. The third kappa shape index (κ3) is 6.51. The van der Waals surface area contributed by atoms with Gasteiger partial charge in [0.15, 0.2) is 0 Å². The molecule has 0 aliphatic heterocycles.